The van der Waals surface area contributed by atoms with Gasteiger partial charge in [-0.05, 0) is 70.6 Å². The molecule has 520 valence electrons. The van der Waals surface area contributed by atoms with Crippen LogP contribution in [0.25, 0.3) is 0 Å². The molecule has 8 nitrogen and oxygen atoms in total. The lowest BCUT2D eigenvalue weighted by atomic mass is 10.0. The quantitative estimate of drug-likeness (QED) is 0.0272. The van der Waals surface area contributed by atoms with E-state index in [4.69, 9.17) is 9.05 Å². The molecule has 0 bridgehead atoms. The minimum atomic E-state index is -4.59. The second kappa shape index (κ2) is 70.0. The predicted octanol–water partition coefficient (Wildman–Crippen LogP) is 24.4. The molecule has 0 fully saturated rings. The van der Waals surface area contributed by atoms with E-state index in [1.807, 2.05) is 21.1 Å². The minimum absolute atomic E-state index is 0.0117. The van der Waals surface area contributed by atoms with Crippen LogP contribution in [0.5, 0.6) is 0 Å². The zero-order valence-electron chi connectivity index (χ0n) is 59.6. The van der Waals surface area contributed by atoms with Gasteiger partial charge in [0, 0.05) is 6.42 Å². The molecule has 0 saturated carbocycles. The fourth-order valence-corrected chi connectivity index (χ4v) is 12.2. The van der Waals surface area contributed by atoms with Gasteiger partial charge in [0.25, 0.3) is 7.82 Å². The zero-order valence-corrected chi connectivity index (χ0v) is 60.5. The molecule has 0 aromatic carbocycles. The number of unbranched alkanes of at least 4 members (excludes halogenated alkanes) is 44. The number of aliphatic hydroxyl groups excluding tert-OH is 1. The van der Waals surface area contributed by atoms with Crippen LogP contribution in [0.3, 0.4) is 0 Å². The molecule has 0 radical (unpaired) electrons. The third kappa shape index (κ3) is 73.0. The van der Waals surface area contributed by atoms with Crippen molar-refractivity contribution in [3.8, 4) is 0 Å². The Hall–Kier alpha value is -2.32. The Morgan fingerprint density at radius 3 is 1.00 bits per heavy atom. The monoisotopic (exact) mass is 1270 g/mol. The summed E-state index contributed by atoms with van der Waals surface area (Å²) < 4.78 is 23.6. The molecule has 1 amide bonds. The third-order valence-corrected chi connectivity index (χ3v) is 18.4. The molecule has 0 aliphatic rings. The first-order valence-electron chi connectivity index (χ1n) is 38.4. The van der Waals surface area contributed by atoms with Crippen molar-refractivity contribution >= 4 is 13.7 Å². The lowest BCUT2D eigenvalue weighted by Crippen LogP contribution is -2.46. The van der Waals surface area contributed by atoms with Crippen molar-refractivity contribution in [2.75, 3.05) is 40.9 Å². The molecule has 3 atom stereocenters. The second-order valence-corrected chi connectivity index (χ2v) is 28.7. The number of rotatable bonds is 71. The molecule has 2 N–H and O–H groups in total. The Labute approximate surface area is 554 Å². The van der Waals surface area contributed by atoms with E-state index in [2.05, 4.69) is 104 Å². The summed E-state index contributed by atoms with van der Waals surface area (Å²) in [6.07, 6.45) is 99.7. The van der Waals surface area contributed by atoms with Gasteiger partial charge >= 0.3 is 0 Å². The minimum Gasteiger partial charge on any atom is -0.756 e. The molecule has 0 aromatic rings. The first-order chi connectivity index (χ1) is 43.5. The van der Waals surface area contributed by atoms with Crippen molar-refractivity contribution in [2.24, 2.45) is 0 Å². The van der Waals surface area contributed by atoms with Crippen LogP contribution in [0, 0.1) is 0 Å². The van der Waals surface area contributed by atoms with E-state index < -0.39 is 20.0 Å². The third-order valence-electron chi connectivity index (χ3n) is 17.4. The molecule has 0 spiro atoms. The number of nitrogens with one attached hydrogen (secondary N) is 1. The molecule has 9 heteroatoms. The average Bonchev–Trinajstić information content (AvgIpc) is 3.55. The number of aliphatic hydroxyl groups is 1. The summed E-state index contributed by atoms with van der Waals surface area (Å²) in [5, 5.41) is 14.1. The van der Waals surface area contributed by atoms with Crippen molar-refractivity contribution in [3.05, 3.63) is 85.1 Å². The van der Waals surface area contributed by atoms with Gasteiger partial charge in [-0.15, -0.1) is 0 Å². The van der Waals surface area contributed by atoms with E-state index in [0.717, 1.165) is 83.5 Å². The zero-order chi connectivity index (χ0) is 64.8. The molecule has 0 rings (SSSR count). The fraction of sp³-hybridized carbons (Fsp3) is 0.812. The second-order valence-electron chi connectivity index (χ2n) is 27.3. The normalized spacial score (nSPS) is 14.0. The fourth-order valence-electron chi connectivity index (χ4n) is 11.5. The number of carbonyl (C=O) groups is 1. The van der Waals surface area contributed by atoms with Crippen LogP contribution in [0.15, 0.2) is 85.1 Å². The van der Waals surface area contributed by atoms with Crippen LogP contribution in [0.2, 0.25) is 0 Å². The molecule has 0 heterocycles. The summed E-state index contributed by atoms with van der Waals surface area (Å²) >= 11 is 0. The highest BCUT2D eigenvalue weighted by molar-refractivity contribution is 7.45. The van der Waals surface area contributed by atoms with Crippen LogP contribution in [-0.2, 0) is 18.4 Å². The van der Waals surface area contributed by atoms with E-state index in [9.17, 15) is 19.4 Å². The van der Waals surface area contributed by atoms with Gasteiger partial charge in [0.2, 0.25) is 5.91 Å². The summed E-state index contributed by atoms with van der Waals surface area (Å²) in [7, 11) is 1.32. The molecule has 89 heavy (non-hydrogen) atoms. The van der Waals surface area contributed by atoms with E-state index in [1.54, 1.807) is 0 Å². The van der Waals surface area contributed by atoms with Gasteiger partial charge < -0.3 is 28.8 Å². The van der Waals surface area contributed by atoms with Crippen LogP contribution in [-0.4, -0.2) is 68.5 Å². The number of hydrogen-bond acceptors (Lipinski definition) is 6. The maximum Gasteiger partial charge on any atom is 0.268 e. The number of phosphoric acid groups is 1. The van der Waals surface area contributed by atoms with Gasteiger partial charge in [-0.1, -0.05) is 375 Å². The molecule has 0 aliphatic carbocycles. The number of carbonyl (C=O) groups excluding carboxylic acids is 1. The SMILES string of the molecule is CC/C=C\C/C=C\C/C=C\C/C=C\C/C=C\C/C=C\C/C=C\CCCCCCCCCCCCCCCCCCCC(=O)NC(COP(=O)([O-])OCC[N+](C)(C)C)C(O)CCCCCCCCCCCCCCCCCCCCCCCCCCCCCC. The van der Waals surface area contributed by atoms with Gasteiger partial charge in [0.15, 0.2) is 0 Å². The van der Waals surface area contributed by atoms with Gasteiger partial charge in [-0.3, -0.25) is 9.36 Å². The smallest absolute Gasteiger partial charge is 0.268 e. The Bertz CT molecular complexity index is 1730. The Morgan fingerprint density at radius 1 is 0.404 bits per heavy atom. The Kier molecular flexibility index (Phi) is 68.2. The summed E-state index contributed by atoms with van der Waals surface area (Å²) in [5.74, 6) is -0.160. The topological polar surface area (TPSA) is 108 Å². The lowest BCUT2D eigenvalue weighted by molar-refractivity contribution is -0.870. The molecule has 3 unspecified atom stereocenters. The molecular formula is C80H149N2O6P. The van der Waals surface area contributed by atoms with Gasteiger partial charge in [-0.25, -0.2) is 0 Å². The Balaban J connectivity index is 3.97. The molecule has 0 aromatic heterocycles. The number of quaternary nitrogens is 1. The van der Waals surface area contributed by atoms with Crippen LogP contribution >= 0.6 is 7.82 Å². The average molecular weight is 1270 g/mol. The molecular weight excluding hydrogens is 1120 g/mol. The van der Waals surface area contributed by atoms with E-state index in [-0.39, 0.29) is 19.1 Å². The number of likely N-dealkylation sites (N-methyl/N-ethyl adjacent to an activating group) is 1. The molecule has 0 aliphatic heterocycles. The van der Waals surface area contributed by atoms with Gasteiger partial charge in [0.05, 0.1) is 39.9 Å². The van der Waals surface area contributed by atoms with Crippen molar-refractivity contribution in [1.82, 2.24) is 5.32 Å². The number of allylic oxidation sites excluding steroid dienone is 14. The first kappa shape index (κ1) is 86.7. The van der Waals surface area contributed by atoms with E-state index in [1.165, 1.54) is 257 Å². The highest BCUT2D eigenvalue weighted by Crippen LogP contribution is 2.38. The van der Waals surface area contributed by atoms with Crippen molar-refractivity contribution < 1.29 is 32.9 Å². The van der Waals surface area contributed by atoms with E-state index in [0.29, 0.717) is 23.9 Å². The lowest BCUT2D eigenvalue weighted by Gasteiger charge is -2.30. The molecule has 0 saturated heterocycles. The number of amides is 1. The van der Waals surface area contributed by atoms with Gasteiger partial charge in [0.1, 0.15) is 13.2 Å². The van der Waals surface area contributed by atoms with Gasteiger partial charge in [-0.2, -0.15) is 0 Å². The highest BCUT2D eigenvalue weighted by Gasteiger charge is 2.24. The Morgan fingerprint density at radius 2 is 0.685 bits per heavy atom. The summed E-state index contributed by atoms with van der Waals surface area (Å²) in [5.41, 5.74) is 0. The first-order valence-corrected chi connectivity index (χ1v) is 39.9. The van der Waals surface area contributed by atoms with Crippen molar-refractivity contribution in [3.63, 3.8) is 0 Å². The largest absolute Gasteiger partial charge is 0.756 e. The van der Waals surface area contributed by atoms with Crippen LogP contribution in [0.4, 0.5) is 0 Å². The summed E-state index contributed by atoms with van der Waals surface area (Å²) in [6.45, 7) is 4.66. The van der Waals surface area contributed by atoms with Crippen LogP contribution in [0.1, 0.15) is 367 Å². The van der Waals surface area contributed by atoms with Crippen molar-refractivity contribution in [2.45, 2.75) is 379 Å². The summed E-state index contributed by atoms with van der Waals surface area (Å²) in [6, 6.07) is -0.805. The maximum atomic E-state index is 13.1. The van der Waals surface area contributed by atoms with Crippen LogP contribution < -0.4 is 10.2 Å². The van der Waals surface area contributed by atoms with Crippen molar-refractivity contribution in [1.29, 1.82) is 0 Å². The van der Waals surface area contributed by atoms with E-state index >= 15 is 0 Å². The number of phosphoric ester groups is 1. The summed E-state index contributed by atoms with van der Waals surface area (Å²) in [4.78, 5) is 25.7. The number of hydrogen-bond donors (Lipinski definition) is 2. The predicted molar refractivity (Wildman–Crippen MR) is 390 cm³/mol. The highest BCUT2D eigenvalue weighted by atomic mass is 31.2. The maximum absolute atomic E-state index is 13.1. The standard InChI is InChI=1S/C80H149N2O6P/c1-6-8-10-12-14-16-18-20-22-24-26-28-30-32-34-36-37-38-39-40-41-42-43-44-45-46-48-50-52-54-56-58-60-62-64-66-68-70-72-74-80(84)81-78(77-88-89(85,86)87-76-75-82(3,4)5)79(83)73-71-69-67-65-63-61-59-57-55-53-51-49-47-35-33-31-29-27-25-23-21-19-17-15-13-11-9-7-2/h8,10,14,16,20,22,26,28,32,34,37-38,40-41,78-79,83H,6-7,9,11-13,15,17-19,21,23-25,27,29-31,33,35-36,39,42-77H2,1-5H3,(H-,81,84,85,86)/b10-8-,16-14-,22-20-,28-26-,34-32-,38-37-,41-40-. The number of nitrogens with zero attached hydrogens (tertiary/aromatic N) is 1.